The number of rotatable bonds is 16. The van der Waals surface area contributed by atoms with Crippen molar-refractivity contribution in [2.75, 3.05) is 48.5 Å². The Morgan fingerprint density at radius 3 is 1.49 bits per heavy atom. The van der Waals surface area contributed by atoms with Gasteiger partial charge in [-0.1, -0.05) is 0 Å². The van der Waals surface area contributed by atoms with Crippen LogP contribution in [0.25, 0.3) is 0 Å². The van der Waals surface area contributed by atoms with Crippen molar-refractivity contribution < 1.29 is 71.4 Å². The van der Waals surface area contributed by atoms with Crippen LogP contribution in [0.1, 0.15) is 0 Å². The molecule has 2 aliphatic rings. The Kier molecular flexibility index (Phi) is 17.7. The molecule has 2 aliphatic heterocycles. The molecule has 0 radical (unpaired) electrons. The maximum absolute atomic E-state index is 12.4. The minimum atomic E-state index is -1.81. The van der Waals surface area contributed by atoms with Gasteiger partial charge in [-0.15, -0.1) is 69.6 Å². The molecule has 0 aromatic rings. The van der Waals surface area contributed by atoms with Crippen molar-refractivity contribution >= 4 is 105 Å². The van der Waals surface area contributed by atoms with Gasteiger partial charge in [0.2, 0.25) is 0 Å². The number of hydrogen-bond acceptors (Lipinski definition) is 15. The zero-order chi connectivity index (χ0) is 33.5. The molecule has 15 nitrogen and oxygen atoms in total. The van der Waals surface area contributed by atoms with E-state index in [9.17, 15) is 28.8 Å². The van der Waals surface area contributed by atoms with E-state index in [1.807, 2.05) is 0 Å². The fourth-order valence-electron chi connectivity index (χ4n) is 3.87. The molecule has 254 valence electrons. The number of esters is 6. The van der Waals surface area contributed by atoms with Crippen LogP contribution in [0.15, 0.2) is 12.3 Å². The second kappa shape index (κ2) is 20.3. The number of hydrogen-bond donors (Lipinski definition) is 0. The zero-order valence-electron chi connectivity index (χ0n) is 22.8. The second-order valence-electron chi connectivity index (χ2n) is 8.63. The summed E-state index contributed by atoms with van der Waals surface area (Å²) < 4.78 is 49.1. The number of halogens is 6. The predicted octanol–water partition coefficient (Wildman–Crippen LogP) is 1.18. The van der Waals surface area contributed by atoms with E-state index in [0.717, 1.165) is 6.26 Å². The Balaban J connectivity index is 2.61. The second-order valence-corrected chi connectivity index (χ2v) is 10.2. The number of carbonyl (C=O) groups excluding carboxylic acids is 6. The first-order chi connectivity index (χ1) is 21.5. The highest BCUT2D eigenvalue weighted by Gasteiger charge is 2.55. The molecule has 0 spiro atoms. The predicted molar refractivity (Wildman–Crippen MR) is 153 cm³/mol. The fraction of sp³-hybridized carbons (Fsp3) is 0.667. The Labute approximate surface area is 285 Å². The van der Waals surface area contributed by atoms with Crippen LogP contribution in [-0.4, -0.2) is 133 Å². The van der Waals surface area contributed by atoms with Gasteiger partial charge in [0, 0.05) is 0 Å². The molecule has 2 heterocycles. The summed E-state index contributed by atoms with van der Waals surface area (Å²) in [6.45, 7) is -1.16. The molecular weight excluding hydrogens is 741 g/mol. The SMILES string of the molecule is O=C(CCl)OC[C@H]1O[C@H](O[C@H]2[C@H](OC(=O)CCl)C=CO[C@@H]2COC(=O)CCl)[C@H](OC(=O)CCl)[C@@H](OC(=O)CCl)[C@@H]1OC(=O)CCl. The van der Waals surface area contributed by atoms with E-state index in [-0.39, 0.29) is 0 Å². The topological polar surface area (TPSA) is 185 Å². The molecule has 0 bridgehead atoms. The van der Waals surface area contributed by atoms with Gasteiger partial charge in [-0.05, 0) is 6.08 Å². The maximum atomic E-state index is 12.4. The summed E-state index contributed by atoms with van der Waals surface area (Å²) in [4.78, 5) is 72.8. The van der Waals surface area contributed by atoms with Crippen LogP contribution in [0, 0.1) is 0 Å². The lowest BCUT2D eigenvalue weighted by molar-refractivity contribution is -0.328. The van der Waals surface area contributed by atoms with E-state index in [2.05, 4.69) is 0 Å². The van der Waals surface area contributed by atoms with Crippen LogP contribution in [-0.2, 0) is 71.4 Å². The Hall–Kier alpha value is -1.98. The summed E-state index contributed by atoms with van der Waals surface area (Å²) in [6.07, 6.45) is -9.98. The highest BCUT2D eigenvalue weighted by atomic mass is 35.5. The lowest BCUT2D eigenvalue weighted by Crippen LogP contribution is -2.64. The average molecular weight is 767 g/mol. The molecule has 0 amide bonds. The molecule has 0 aromatic heterocycles. The van der Waals surface area contributed by atoms with Crippen molar-refractivity contribution in [3.63, 3.8) is 0 Å². The monoisotopic (exact) mass is 764 g/mol. The highest BCUT2D eigenvalue weighted by molar-refractivity contribution is 6.28. The van der Waals surface area contributed by atoms with Crippen LogP contribution >= 0.6 is 69.6 Å². The van der Waals surface area contributed by atoms with E-state index in [4.69, 9.17) is 112 Å². The van der Waals surface area contributed by atoms with Gasteiger partial charge in [0.05, 0.1) is 6.26 Å². The number of ether oxygens (including phenoxy) is 9. The first-order valence-electron chi connectivity index (χ1n) is 12.6. The lowest BCUT2D eigenvalue weighted by atomic mass is 9.97. The molecule has 0 aliphatic carbocycles. The molecule has 2 rings (SSSR count). The third kappa shape index (κ3) is 12.3. The van der Waals surface area contributed by atoms with Crippen LogP contribution in [0.3, 0.4) is 0 Å². The lowest BCUT2D eigenvalue weighted by Gasteiger charge is -2.46. The van der Waals surface area contributed by atoms with Crippen molar-refractivity contribution in [3.05, 3.63) is 12.3 Å². The van der Waals surface area contributed by atoms with Crippen molar-refractivity contribution in [2.45, 2.75) is 49.0 Å². The molecule has 8 atom stereocenters. The zero-order valence-corrected chi connectivity index (χ0v) is 27.4. The van der Waals surface area contributed by atoms with E-state index in [1.165, 1.54) is 6.08 Å². The maximum Gasteiger partial charge on any atom is 0.321 e. The molecule has 21 heteroatoms. The molecule has 1 fully saturated rings. The fourth-order valence-corrected chi connectivity index (χ4v) is 4.27. The first-order valence-corrected chi connectivity index (χ1v) is 15.8. The molecule has 0 N–H and O–H groups in total. The minimum absolute atomic E-state index is 0.494. The van der Waals surface area contributed by atoms with Gasteiger partial charge in [0.1, 0.15) is 60.7 Å². The normalized spacial score (nSPS) is 27.3. The number of carbonyl (C=O) groups is 6. The van der Waals surface area contributed by atoms with Crippen molar-refractivity contribution in [1.29, 1.82) is 0 Å². The van der Waals surface area contributed by atoms with Crippen molar-refractivity contribution in [2.24, 2.45) is 0 Å². The largest absolute Gasteiger partial charge is 0.492 e. The van der Waals surface area contributed by atoms with Gasteiger partial charge in [-0.3, -0.25) is 28.8 Å². The summed E-state index contributed by atoms with van der Waals surface area (Å²) in [5.41, 5.74) is 0. The Morgan fingerprint density at radius 1 is 0.533 bits per heavy atom. The summed E-state index contributed by atoms with van der Waals surface area (Å²) >= 11 is 33.5. The highest BCUT2D eigenvalue weighted by Crippen LogP contribution is 2.33. The summed E-state index contributed by atoms with van der Waals surface area (Å²) in [7, 11) is 0. The van der Waals surface area contributed by atoms with Gasteiger partial charge in [0.15, 0.2) is 36.8 Å². The molecule has 0 aromatic carbocycles. The van der Waals surface area contributed by atoms with E-state index >= 15 is 0 Å². The average Bonchev–Trinajstić information content (AvgIpc) is 3.05. The van der Waals surface area contributed by atoms with Gasteiger partial charge >= 0.3 is 35.8 Å². The van der Waals surface area contributed by atoms with Crippen LogP contribution in [0.4, 0.5) is 0 Å². The van der Waals surface area contributed by atoms with Crippen molar-refractivity contribution in [3.8, 4) is 0 Å². The third-order valence-electron chi connectivity index (χ3n) is 5.64. The molecular formula is C24H26Cl6O15. The standard InChI is InChI=1S/C24H26Cl6O15/c25-3-14(31)38-9-12-20(11(1-2-37-12)40-16(33)5-27)45-24-23(44-19(36)8-30)22(43-18(35)7-29)21(42-17(34)6-28)13(41-24)10-39-15(32)4-26/h1-2,11-13,20-24H,3-10H2/t11-,12-,13-,20+,21-,22+,23-,24-/m1/s1. The van der Waals surface area contributed by atoms with Crippen LogP contribution in [0.2, 0.25) is 0 Å². The summed E-state index contributed by atoms with van der Waals surface area (Å²) in [6, 6.07) is 0. The van der Waals surface area contributed by atoms with Gasteiger partial charge < -0.3 is 42.6 Å². The summed E-state index contributed by atoms with van der Waals surface area (Å²) in [5, 5.41) is 0. The smallest absolute Gasteiger partial charge is 0.321 e. The molecule has 45 heavy (non-hydrogen) atoms. The van der Waals surface area contributed by atoms with Gasteiger partial charge in [-0.25, -0.2) is 0 Å². The number of alkyl halides is 6. The van der Waals surface area contributed by atoms with Crippen LogP contribution < -0.4 is 0 Å². The quantitative estimate of drug-likeness (QED) is 0.124. The first kappa shape index (κ1) is 39.2. The minimum Gasteiger partial charge on any atom is -0.492 e. The molecule has 1 saturated heterocycles. The van der Waals surface area contributed by atoms with E-state index < -0.39 is 133 Å². The Bertz CT molecular complexity index is 1080. The van der Waals surface area contributed by atoms with Gasteiger partial charge in [0.25, 0.3) is 0 Å². The molecule has 0 unspecified atom stereocenters. The van der Waals surface area contributed by atoms with Gasteiger partial charge in [-0.2, -0.15) is 0 Å². The third-order valence-corrected chi connectivity index (χ3v) is 6.95. The van der Waals surface area contributed by atoms with E-state index in [1.54, 1.807) is 0 Å². The van der Waals surface area contributed by atoms with Crippen LogP contribution in [0.5, 0.6) is 0 Å². The van der Waals surface area contributed by atoms with E-state index in [0.29, 0.717) is 0 Å². The summed E-state index contributed by atoms with van der Waals surface area (Å²) in [5.74, 6) is -9.51. The Morgan fingerprint density at radius 2 is 0.978 bits per heavy atom. The molecule has 0 saturated carbocycles. The van der Waals surface area contributed by atoms with Crippen molar-refractivity contribution in [1.82, 2.24) is 0 Å².